The summed E-state index contributed by atoms with van der Waals surface area (Å²) in [5.41, 5.74) is 3.43. The molecule has 0 aromatic heterocycles. The molecule has 1 heterocycles. The van der Waals surface area contributed by atoms with Crippen LogP contribution in [-0.4, -0.2) is 55.7 Å². The van der Waals surface area contributed by atoms with Crippen molar-refractivity contribution >= 4 is 33.4 Å². The molecule has 1 fully saturated rings. The van der Waals surface area contributed by atoms with Crippen LogP contribution in [0.4, 0.5) is 0 Å². The highest BCUT2D eigenvalue weighted by Gasteiger charge is 2.31. The average Bonchev–Trinajstić information content (AvgIpc) is 3.66. The van der Waals surface area contributed by atoms with Crippen molar-refractivity contribution in [2.45, 2.75) is 56.1 Å². The number of para-hydroxylation sites is 1. The lowest BCUT2D eigenvalue weighted by Gasteiger charge is -2.32. The molecule has 0 saturated carbocycles. The molecule has 1 atom stereocenters. The SMILES string of the molecule is COc1ccccc1CNC(=O)[C@@H](Cc1ccccc1)N(Cc1ccc(Cl)cc1)C(=O)CCc1ccc(S(=O)(=O)N2CCCC2)cc1. The fraction of sp³-hybridized carbons (Fsp3) is 0.297. The Morgan fingerprint density at radius 1 is 0.851 bits per heavy atom. The summed E-state index contributed by atoms with van der Waals surface area (Å²) in [5, 5.41) is 3.63. The minimum absolute atomic E-state index is 0.136. The van der Waals surface area contributed by atoms with Gasteiger partial charge in [0.05, 0.1) is 12.0 Å². The van der Waals surface area contributed by atoms with Gasteiger partial charge in [-0.05, 0) is 66.3 Å². The predicted molar refractivity (Wildman–Crippen MR) is 184 cm³/mol. The minimum Gasteiger partial charge on any atom is -0.496 e. The number of hydrogen-bond acceptors (Lipinski definition) is 5. The molecule has 0 radical (unpaired) electrons. The summed E-state index contributed by atoms with van der Waals surface area (Å²) in [7, 11) is -1.93. The molecule has 246 valence electrons. The molecule has 2 amide bonds. The Morgan fingerprint density at radius 3 is 2.17 bits per heavy atom. The van der Waals surface area contributed by atoms with Crippen molar-refractivity contribution < 1.29 is 22.7 Å². The molecule has 1 N–H and O–H groups in total. The quantitative estimate of drug-likeness (QED) is 0.177. The van der Waals surface area contributed by atoms with Gasteiger partial charge in [-0.15, -0.1) is 0 Å². The summed E-state index contributed by atoms with van der Waals surface area (Å²) in [5.74, 6) is 0.196. The molecule has 5 rings (SSSR count). The zero-order valence-corrected chi connectivity index (χ0v) is 28.1. The number of carbonyl (C=O) groups excluding carboxylic acids is 2. The van der Waals surface area contributed by atoms with Crippen LogP contribution in [0.1, 0.15) is 41.5 Å². The van der Waals surface area contributed by atoms with E-state index in [4.69, 9.17) is 16.3 Å². The van der Waals surface area contributed by atoms with Crippen molar-refractivity contribution in [1.82, 2.24) is 14.5 Å². The second kappa shape index (κ2) is 16.1. The standard InChI is InChI=1S/C37H40ClN3O5S/c1-46-35-12-6-5-11-31(35)26-39-37(43)34(25-29-9-3-2-4-10-29)41(27-30-13-18-32(38)19-14-30)36(42)22-17-28-15-20-33(21-16-28)47(44,45)40-23-7-8-24-40/h2-6,9-16,18-21,34H,7-8,17,22-27H2,1H3,(H,39,43)/t34-/m1/s1. The Hall–Kier alpha value is -4.18. The highest BCUT2D eigenvalue weighted by molar-refractivity contribution is 7.89. The molecule has 0 bridgehead atoms. The Morgan fingerprint density at radius 2 is 1.49 bits per heavy atom. The van der Waals surface area contributed by atoms with Crippen LogP contribution in [0.25, 0.3) is 0 Å². The zero-order chi connectivity index (χ0) is 33.2. The number of nitrogens with zero attached hydrogens (tertiary/aromatic N) is 2. The van der Waals surface area contributed by atoms with E-state index in [1.807, 2.05) is 66.7 Å². The molecule has 47 heavy (non-hydrogen) atoms. The molecule has 0 unspecified atom stereocenters. The van der Waals surface area contributed by atoms with Crippen LogP contribution in [0.5, 0.6) is 5.75 Å². The highest BCUT2D eigenvalue weighted by atomic mass is 35.5. The van der Waals surface area contributed by atoms with Crippen molar-refractivity contribution in [1.29, 1.82) is 0 Å². The third-order valence-corrected chi connectivity index (χ3v) is 10.6. The van der Waals surface area contributed by atoms with E-state index in [9.17, 15) is 18.0 Å². The van der Waals surface area contributed by atoms with Crippen LogP contribution in [0.3, 0.4) is 0 Å². The molecule has 10 heteroatoms. The van der Waals surface area contributed by atoms with Gasteiger partial charge in [-0.3, -0.25) is 9.59 Å². The minimum atomic E-state index is -3.52. The maximum atomic E-state index is 14.1. The van der Waals surface area contributed by atoms with E-state index in [-0.39, 0.29) is 36.2 Å². The maximum absolute atomic E-state index is 14.1. The van der Waals surface area contributed by atoms with Gasteiger partial charge in [-0.1, -0.05) is 84.4 Å². The van der Waals surface area contributed by atoms with Crippen molar-refractivity contribution in [3.8, 4) is 5.75 Å². The van der Waals surface area contributed by atoms with Crippen molar-refractivity contribution in [3.05, 3.63) is 130 Å². The second-order valence-corrected chi connectivity index (χ2v) is 14.0. The lowest BCUT2D eigenvalue weighted by atomic mass is 10.0. The molecule has 1 aliphatic rings. The van der Waals surface area contributed by atoms with Gasteiger partial charge in [0, 0.05) is 49.6 Å². The Balaban J connectivity index is 1.37. The van der Waals surface area contributed by atoms with Crippen molar-refractivity contribution in [2.75, 3.05) is 20.2 Å². The first kappa shape index (κ1) is 34.2. The van der Waals surface area contributed by atoms with Crippen LogP contribution < -0.4 is 10.1 Å². The van der Waals surface area contributed by atoms with Gasteiger partial charge in [-0.2, -0.15) is 4.31 Å². The third-order valence-electron chi connectivity index (χ3n) is 8.44. The lowest BCUT2D eigenvalue weighted by Crippen LogP contribution is -2.50. The molecule has 4 aromatic rings. The van der Waals surface area contributed by atoms with Gasteiger partial charge in [0.2, 0.25) is 21.8 Å². The summed E-state index contributed by atoms with van der Waals surface area (Å²) in [4.78, 5) is 30.0. The highest BCUT2D eigenvalue weighted by Crippen LogP contribution is 2.23. The number of nitrogens with one attached hydrogen (secondary N) is 1. The maximum Gasteiger partial charge on any atom is 0.243 e. The van der Waals surface area contributed by atoms with Crippen molar-refractivity contribution in [3.63, 3.8) is 0 Å². The second-order valence-electron chi connectivity index (χ2n) is 11.6. The predicted octanol–water partition coefficient (Wildman–Crippen LogP) is 6.02. The van der Waals surface area contributed by atoms with Crippen LogP contribution in [0.15, 0.2) is 108 Å². The third kappa shape index (κ3) is 9.00. The Bertz CT molecular complexity index is 1740. The van der Waals surface area contributed by atoms with E-state index < -0.39 is 16.1 Å². The number of benzene rings is 4. The van der Waals surface area contributed by atoms with Crippen molar-refractivity contribution in [2.24, 2.45) is 0 Å². The molecule has 0 aliphatic carbocycles. The molecule has 8 nitrogen and oxygen atoms in total. The first-order chi connectivity index (χ1) is 22.7. The van der Waals surface area contributed by atoms with E-state index in [0.717, 1.165) is 35.1 Å². The largest absolute Gasteiger partial charge is 0.496 e. The number of hydrogen-bond donors (Lipinski definition) is 1. The number of amides is 2. The molecular weight excluding hydrogens is 634 g/mol. The van der Waals surface area contributed by atoms with Crippen LogP contribution in [0, 0.1) is 0 Å². The Kier molecular flexibility index (Phi) is 11.7. The summed E-state index contributed by atoms with van der Waals surface area (Å²) < 4.78 is 32.9. The molecular formula is C37H40ClN3O5S. The number of aryl methyl sites for hydroxylation is 1. The van der Waals surface area contributed by atoms with Crippen LogP contribution in [-0.2, 0) is 45.5 Å². The molecule has 4 aromatic carbocycles. The number of carbonyl (C=O) groups is 2. The number of ether oxygens (including phenoxy) is 1. The monoisotopic (exact) mass is 673 g/mol. The van der Waals surface area contributed by atoms with Gasteiger partial charge in [-0.25, -0.2) is 8.42 Å². The van der Waals surface area contributed by atoms with Gasteiger partial charge in [0.15, 0.2) is 0 Å². The first-order valence-electron chi connectivity index (χ1n) is 15.8. The van der Waals surface area contributed by atoms with Crippen LogP contribution in [0.2, 0.25) is 5.02 Å². The van der Waals surface area contributed by atoms with Crippen LogP contribution >= 0.6 is 11.6 Å². The zero-order valence-electron chi connectivity index (χ0n) is 26.5. The normalized spacial score (nSPS) is 14.0. The molecule has 1 aliphatic heterocycles. The van der Waals surface area contributed by atoms with E-state index in [1.165, 1.54) is 4.31 Å². The van der Waals surface area contributed by atoms with Gasteiger partial charge in [0.1, 0.15) is 11.8 Å². The smallest absolute Gasteiger partial charge is 0.243 e. The Labute approximate surface area is 282 Å². The van der Waals surface area contributed by atoms with Gasteiger partial charge < -0.3 is 15.0 Å². The summed E-state index contributed by atoms with van der Waals surface area (Å²) in [6, 6.07) is 30.3. The van der Waals surface area contributed by atoms with E-state index in [0.29, 0.717) is 36.7 Å². The average molecular weight is 674 g/mol. The summed E-state index contributed by atoms with van der Waals surface area (Å²) in [6.45, 7) is 1.53. The van der Waals surface area contributed by atoms with Gasteiger partial charge >= 0.3 is 0 Å². The van der Waals surface area contributed by atoms with E-state index >= 15 is 0 Å². The van der Waals surface area contributed by atoms with Gasteiger partial charge in [0.25, 0.3) is 0 Å². The van der Waals surface area contributed by atoms with E-state index in [2.05, 4.69) is 5.32 Å². The number of sulfonamides is 1. The fourth-order valence-corrected chi connectivity index (χ4v) is 7.43. The lowest BCUT2D eigenvalue weighted by molar-refractivity contribution is -0.141. The van der Waals surface area contributed by atoms with E-state index in [1.54, 1.807) is 48.4 Å². The molecule has 1 saturated heterocycles. The number of halogens is 1. The topological polar surface area (TPSA) is 96.0 Å². The molecule has 0 spiro atoms. The first-order valence-corrected chi connectivity index (χ1v) is 17.6. The summed E-state index contributed by atoms with van der Waals surface area (Å²) in [6.07, 6.45) is 2.59. The fourth-order valence-electron chi connectivity index (χ4n) is 5.79. The number of methoxy groups -OCH3 is 1. The summed E-state index contributed by atoms with van der Waals surface area (Å²) >= 11 is 6.15. The number of rotatable bonds is 14.